The molecule has 0 aromatic heterocycles. The maximum atomic E-state index is 12.4. The molecule has 0 radical (unpaired) electrons. The quantitative estimate of drug-likeness (QED) is 0.781. The van der Waals surface area contributed by atoms with Crippen molar-refractivity contribution in [2.45, 2.75) is 25.0 Å². The summed E-state index contributed by atoms with van der Waals surface area (Å²) in [5.41, 5.74) is 0.772. The van der Waals surface area contributed by atoms with E-state index in [2.05, 4.69) is 29.8 Å². The van der Waals surface area contributed by atoms with E-state index in [-0.39, 0.29) is 10.7 Å². The van der Waals surface area contributed by atoms with Crippen molar-refractivity contribution in [2.75, 3.05) is 18.8 Å². The second-order valence-electron chi connectivity index (χ2n) is 5.16. The zero-order chi connectivity index (χ0) is 13.2. The first kappa shape index (κ1) is 13.9. The second-order valence-corrected chi connectivity index (χ2v) is 7.88. The van der Waals surface area contributed by atoms with E-state index in [1.54, 1.807) is 0 Å². The minimum atomic E-state index is 0.148. The van der Waals surface area contributed by atoms with Crippen molar-refractivity contribution in [3.05, 3.63) is 34.3 Å². The van der Waals surface area contributed by atoms with Crippen molar-refractivity contribution < 1.29 is 4.79 Å². The van der Waals surface area contributed by atoms with E-state index in [0.29, 0.717) is 0 Å². The van der Waals surface area contributed by atoms with Crippen molar-refractivity contribution in [3.63, 3.8) is 0 Å². The van der Waals surface area contributed by atoms with Crippen LogP contribution in [0.3, 0.4) is 0 Å². The number of carbonyl (C=O) groups excluding carboxylic acids is 1. The molecule has 1 amide bonds. The highest BCUT2D eigenvalue weighted by atomic mass is 79.9. The number of rotatable bonds is 1. The number of hydrogen-bond donors (Lipinski definition) is 0. The average Bonchev–Trinajstić information content (AvgIpc) is 2.49. The Labute approximate surface area is 121 Å². The van der Waals surface area contributed by atoms with Gasteiger partial charge in [0.15, 0.2) is 0 Å². The zero-order valence-corrected chi connectivity index (χ0v) is 13.2. The zero-order valence-electron chi connectivity index (χ0n) is 10.8. The third kappa shape index (κ3) is 3.51. The molecule has 98 valence electrons. The predicted molar refractivity (Wildman–Crippen MR) is 81.2 cm³/mol. The van der Waals surface area contributed by atoms with Gasteiger partial charge in [-0.3, -0.25) is 4.79 Å². The molecule has 0 spiro atoms. The Balaban J connectivity index is 2.10. The molecule has 2 rings (SSSR count). The molecule has 2 nitrogen and oxygen atoms in total. The van der Waals surface area contributed by atoms with Crippen LogP contribution in [-0.4, -0.2) is 34.4 Å². The van der Waals surface area contributed by atoms with Gasteiger partial charge in [0.05, 0.1) is 0 Å². The largest absolute Gasteiger partial charge is 0.338 e. The number of carbonyl (C=O) groups is 1. The summed E-state index contributed by atoms with van der Waals surface area (Å²) in [5.74, 6) is 1.17. The van der Waals surface area contributed by atoms with Gasteiger partial charge in [0.25, 0.3) is 5.91 Å². The molecule has 1 saturated heterocycles. The lowest BCUT2D eigenvalue weighted by molar-refractivity contribution is 0.0764. The first-order chi connectivity index (χ1) is 8.48. The van der Waals surface area contributed by atoms with Gasteiger partial charge in [0.2, 0.25) is 0 Å². The number of thioether (sulfide) groups is 1. The maximum Gasteiger partial charge on any atom is 0.253 e. The van der Waals surface area contributed by atoms with Crippen molar-refractivity contribution in [2.24, 2.45) is 0 Å². The lowest BCUT2D eigenvalue weighted by atomic mass is 10.1. The Hall–Kier alpha value is -0.480. The predicted octanol–water partition coefficient (Wildman–Crippen LogP) is 3.81. The van der Waals surface area contributed by atoms with Crippen LogP contribution in [0.25, 0.3) is 0 Å². The molecule has 0 bridgehead atoms. The van der Waals surface area contributed by atoms with Gasteiger partial charge >= 0.3 is 0 Å². The molecule has 1 fully saturated rings. The van der Waals surface area contributed by atoms with Crippen LogP contribution in [0.5, 0.6) is 0 Å². The van der Waals surface area contributed by atoms with E-state index in [1.165, 1.54) is 0 Å². The minimum absolute atomic E-state index is 0.148. The van der Waals surface area contributed by atoms with Gasteiger partial charge in [-0.1, -0.05) is 35.8 Å². The standard InChI is InChI=1S/C14H18BrNOS/c1-14(2)6-7-16(8-9-18-14)13(17)11-4-3-5-12(15)10-11/h3-5,10H,6-9H2,1-2H3. The van der Waals surface area contributed by atoms with Crippen LogP contribution in [0.4, 0.5) is 0 Å². The summed E-state index contributed by atoms with van der Waals surface area (Å²) in [7, 11) is 0. The van der Waals surface area contributed by atoms with Gasteiger partial charge in [-0.05, 0) is 24.6 Å². The molecule has 1 aliphatic heterocycles. The van der Waals surface area contributed by atoms with Crippen molar-refractivity contribution in [1.29, 1.82) is 0 Å². The molecule has 1 aromatic rings. The Kier molecular flexibility index (Phi) is 4.38. The minimum Gasteiger partial charge on any atom is -0.338 e. The summed E-state index contributed by atoms with van der Waals surface area (Å²) in [6.45, 7) is 6.21. The third-order valence-corrected chi connectivity index (χ3v) is 5.06. The van der Waals surface area contributed by atoms with E-state index in [1.807, 2.05) is 40.9 Å². The van der Waals surface area contributed by atoms with Crippen molar-refractivity contribution in [1.82, 2.24) is 4.90 Å². The van der Waals surface area contributed by atoms with Crippen LogP contribution in [0.2, 0.25) is 0 Å². The van der Waals surface area contributed by atoms with Crippen molar-refractivity contribution in [3.8, 4) is 0 Å². The highest BCUT2D eigenvalue weighted by molar-refractivity contribution is 9.10. The van der Waals surface area contributed by atoms with Crippen molar-refractivity contribution >= 4 is 33.6 Å². The monoisotopic (exact) mass is 327 g/mol. The fraction of sp³-hybridized carbons (Fsp3) is 0.500. The van der Waals surface area contributed by atoms with E-state index in [4.69, 9.17) is 0 Å². The van der Waals surface area contributed by atoms with Gasteiger partial charge in [0, 0.05) is 33.6 Å². The van der Waals surface area contributed by atoms with Crippen LogP contribution >= 0.6 is 27.7 Å². The molecule has 1 heterocycles. The molecule has 1 aromatic carbocycles. The maximum absolute atomic E-state index is 12.4. The number of halogens is 1. The summed E-state index contributed by atoms with van der Waals surface area (Å²) in [6.07, 6.45) is 1.05. The Morgan fingerprint density at radius 3 is 2.89 bits per heavy atom. The molecule has 18 heavy (non-hydrogen) atoms. The number of hydrogen-bond acceptors (Lipinski definition) is 2. The molecular weight excluding hydrogens is 310 g/mol. The highest BCUT2D eigenvalue weighted by Gasteiger charge is 2.26. The Bertz CT molecular complexity index is 447. The number of amides is 1. The molecule has 1 aliphatic rings. The second kappa shape index (κ2) is 5.66. The molecular formula is C14H18BrNOS. The van der Waals surface area contributed by atoms with Gasteiger partial charge in [-0.15, -0.1) is 0 Å². The van der Waals surface area contributed by atoms with Gasteiger partial charge in [-0.25, -0.2) is 0 Å². The first-order valence-electron chi connectivity index (χ1n) is 6.17. The molecule has 0 N–H and O–H groups in total. The van der Waals surface area contributed by atoms with Crippen LogP contribution in [0, 0.1) is 0 Å². The molecule has 0 aliphatic carbocycles. The van der Waals surface area contributed by atoms with Crippen LogP contribution < -0.4 is 0 Å². The average molecular weight is 328 g/mol. The van der Waals surface area contributed by atoms with E-state index < -0.39 is 0 Å². The smallest absolute Gasteiger partial charge is 0.253 e. The first-order valence-corrected chi connectivity index (χ1v) is 7.95. The molecule has 4 heteroatoms. The topological polar surface area (TPSA) is 20.3 Å². The lowest BCUT2D eigenvalue weighted by Crippen LogP contribution is -2.33. The Morgan fingerprint density at radius 1 is 1.39 bits per heavy atom. The lowest BCUT2D eigenvalue weighted by Gasteiger charge is -2.22. The summed E-state index contributed by atoms with van der Waals surface area (Å²) in [5, 5.41) is 0. The van der Waals surface area contributed by atoms with E-state index in [9.17, 15) is 4.79 Å². The number of nitrogens with zero attached hydrogens (tertiary/aromatic N) is 1. The van der Waals surface area contributed by atoms with Crippen LogP contribution in [0.1, 0.15) is 30.6 Å². The third-order valence-electron chi connectivity index (χ3n) is 3.20. The normalized spacial score (nSPS) is 19.4. The Morgan fingerprint density at radius 2 is 2.17 bits per heavy atom. The SMILES string of the molecule is CC1(C)CCN(C(=O)c2cccc(Br)c2)CCS1. The van der Waals surface area contributed by atoms with Gasteiger partial charge < -0.3 is 4.90 Å². The van der Waals surface area contributed by atoms with Gasteiger partial charge in [0.1, 0.15) is 0 Å². The number of benzene rings is 1. The summed E-state index contributed by atoms with van der Waals surface area (Å²) >= 11 is 5.37. The highest BCUT2D eigenvalue weighted by Crippen LogP contribution is 2.31. The molecule has 0 saturated carbocycles. The van der Waals surface area contributed by atoms with Crippen LogP contribution in [0.15, 0.2) is 28.7 Å². The summed E-state index contributed by atoms with van der Waals surface area (Å²) in [6, 6.07) is 7.63. The molecule has 0 unspecified atom stereocenters. The fourth-order valence-corrected chi connectivity index (χ4v) is 3.53. The summed E-state index contributed by atoms with van der Waals surface area (Å²) < 4.78 is 1.24. The molecule has 0 atom stereocenters. The van der Waals surface area contributed by atoms with Crippen LogP contribution in [-0.2, 0) is 0 Å². The summed E-state index contributed by atoms with van der Waals surface area (Å²) in [4.78, 5) is 14.4. The fourth-order valence-electron chi connectivity index (χ4n) is 2.03. The van der Waals surface area contributed by atoms with Gasteiger partial charge in [-0.2, -0.15) is 11.8 Å². The van der Waals surface area contributed by atoms with E-state index in [0.717, 1.165) is 35.3 Å². The van der Waals surface area contributed by atoms with E-state index >= 15 is 0 Å².